The normalized spacial score (nSPS) is 52.3. The molecule has 0 spiro atoms. The molecule has 0 aromatic heterocycles. The second-order valence-electron chi connectivity index (χ2n) is 9.44. The molecule has 0 saturated heterocycles. The van der Waals surface area contributed by atoms with Crippen molar-refractivity contribution in [1.29, 1.82) is 0 Å². The van der Waals surface area contributed by atoms with Crippen LogP contribution in [0.3, 0.4) is 0 Å². The Kier molecular flexibility index (Phi) is 3.93. The molecule has 130 valence electrons. The lowest BCUT2D eigenvalue weighted by atomic mass is 9.47. The van der Waals surface area contributed by atoms with E-state index in [9.17, 15) is 0 Å². The minimum Gasteiger partial charge on any atom is -0.371 e. The van der Waals surface area contributed by atoms with E-state index >= 15 is 0 Å². The first-order chi connectivity index (χ1) is 11.0. The smallest absolute Gasteiger partial charge is 0.143 e. The van der Waals surface area contributed by atoms with Crippen LogP contribution in [0.2, 0.25) is 0 Å². The molecule has 0 aromatic rings. The summed E-state index contributed by atoms with van der Waals surface area (Å²) in [6.45, 7) is 7.52. The largest absolute Gasteiger partial charge is 0.371 e. The van der Waals surface area contributed by atoms with Crippen molar-refractivity contribution in [2.45, 2.75) is 78.2 Å². The number of rotatable bonds is 2. The van der Waals surface area contributed by atoms with Crippen LogP contribution >= 0.6 is 0 Å². The van der Waals surface area contributed by atoms with Crippen LogP contribution in [0.5, 0.6) is 0 Å². The monoisotopic (exact) mass is 318 g/mol. The molecular weight excluding hydrogens is 284 g/mol. The zero-order valence-corrected chi connectivity index (χ0v) is 15.2. The molecule has 4 aliphatic carbocycles. The molecule has 2 nitrogen and oxygen atoms in total. The van der Waals surface area contributed by atoms with Crippen molar-refractivity contribution in [2.24, 2.45) is 34.5 Å². The highest BCUT2D eigenvalue weighted by molar-refractivity contribution is 5.25. The van der Waals surface area contributed by atoms with E-state index in [0.29, 0.717) is 10.8 Å². The average molecular weight is 319 g/mol. The molecule has 4 aliphatic rings. The van der Waals surface area contributed by atoms with Crippen molar-refractivity contribution in [3.8, 4) is 0 Å². The summed E-state index contributed by atoms with van der Waals surface area (Å²) in [7, 11) is 0. The molecule has 0 aliphatic heterocycles. The van der Waals surface area contributed by atoms with Crippen LogP contribution in [0.4, 0.5) is 0 Å². The van der Waals surface area contributed by atoms with Gasteiger partial charge in [0.1, 0.15) is 6.79 Å². The minimum atomic E-state index is -0.126. The number of aliphatic hydroxyl groups excluding tert-OH is 1. The van der Waals surface area contributed by atoms with Gasteiger partial charge in [0, 0.05) is 0 Å². The quantitative estimate of drug-likeness (QED) is 0.578. The predicted molar refractivity (Wildman–Crippen MR) is 92.8 cm³/mol. The summed E-state index contributed by atoms with van der Waals surface area (Å²) in [6.07, 6.45) is 13.4. The van der Waals surface area contributed by atoms with Crippen molar-refractivity contribution in [1.82, 2.24) is 0 Å². The van der Waals surface area contributed by atoms with Gasteiger partial charge in [0.15, 0.2) is 0 Å². The molecule has 3 saturated carbocycles. The fourth-order valence-corrected chi connectivity index (χ4v) is 7.14. The lowest BCUT2D eigenvalue weighted by molar-refractivity contribution is -0.0848. The maximum absolute atomic E-state index is 9.08. The van der Waals surface area contributed by atoms with E-state index in [1.165, 1.54) is 38.5 Å². The van der Waals surface area contributed by atoms with Gasteiger partial charge in [-0.1, -0.05) is 32.4 Å². The van der Waals surface area contributed by atoms with Crippen molar-refractivity contribution in [2.75, 3.05) is 6.79 Å². The van der Waals surface area contributed by atoms with Crippen LogP contribution in [0.1, 0.15) is 72.1 Å². The summed E-state index contributed by atoms with van der Waals surface area (Å²) in [5.74, 6) is 3.68. The van der Waals surface area contributed by atoms with Crippen LogP contribution < -0.4 is 0 Å². The number of ether oxygens (including phenoxy) is 1. The van der Waals surface area contributed by atoms with Crippen LogP contribution in [0.15, 0.2) is 11.6 Å². The Bertz CT molecular complexity index is 498. The fourth-order valence-electron chi connectivity index (χ4n) is 7.14. The number of allylic oxidation sites excluding steroid dienone is 1. The van der Waals surface area contributed by atoms with E-state index in [-0.39, 0.29) is 12.9 Å². The molecule has 7 atom stereocenters. The number of fused-ring (bicyclic) bond motifs is 5. The second-order valence-corrected chi connectivity index (χ2v) is 9.44. The van der Waals surface area contributed by atoms with Crippen molar-refractivity contribution < 1.29 is 9.84 Å². The Hall–Kier alpha value is -0.340. The molecule has 4 rings (SSSR count). The fraction of sp³-hybridized carbons (Fsp3) is 0.905. The molecule has 0 heterocycles. The van der Waals surface area contributed by atoms with Crippen LogP contribution in [0.25, 0.3) is 0 Å². The molecule has 0 aromatic carbocycles. The third-order valence-electron chi connectivity index (χ3n) is 8.84. The first-order valence-electron chi connectivity index (χ1n) is 9.91. The maximum Gasteiger partial charge on any atom is 0.143 e. The number of aliphatic hydroxyl groups is 1. The molecule has 3 fully saturated rings. The van der Waals surface area contributed by atoms with Crippen LogP contribution in [-0.2, 0) is 4.74 Å². The lowest BCUT2D eigenvalue weighted by Gasteiger charge is -2.58. The minimum absolute atomic E-state index is 0.126. The van der Waals surface area contributed by atoms with E-state index in [1.807, 2.05) is 0 Å². The summed E-state index contributed by atoms with van der Waals surface area (Å²) in [5, 5.41) is 9.08. The Morgan fingerprint density at radius 3 is 2.74 bits per heavy atom. The van der Waals surface area contributed by atoms with Crippen molar-refractivity contribution in [3.63, 3.8) is 0 Å². The first-order valence-corrected chi connectivity index (χ1v) is 9.91. The molecule has 0 amide bonds. The third-order valence-corrected chi connectivity index (χ3v) is 8.84. The number of hydrogen-bond acceptors (Lipinski definition) is 2. The first kappa shape index (κ1) is 16.1. The van der Waals surface area contributed by atoms with Crippen LogP contribution in [0, 0.1) is 34.5 Å². The molecule has 0 radical (unpaired) electrons. The Labute approximate surface area is 141 Å². The van der Waals surface area contributed by atoms with E-state index in [0.717, 1.165) is 36.5 Å². The standard InChI is InChI=1S/C21H34O2/c1-14-4-7-18-17-6-5-15-12-16(23-13-22)8-10-21(15,3)19(17)9-11-20(14,18)2/h5,14,16-19,22H,4,6-13H2,1-3H3. The highest BCUT2D eigenvalue weighted by Crippen LogP contribution is 2.66. The Balaban J connectivity index is 1.60. The highest BCUT2D eigenvalue weighted by atomic mass is 16.6. The Morgan fingerprint density at radius 1 is 1.13 bits per heavy atom. The van der Waals surface area contributed by atoms with Gasteiger partial charge in [-0.05, 0) is 85.9 Å². The second kappa shape index (κ2) is 5.59. The van der Waals surface area contributed by atoms with E-state index in [1.54, 1.807) is 5.57 Å². The molecule has 2 heteroatoms. The zero-order valence-electron chi connectivity index (χ0n) is 15.2. The summed E-state index contributed by atoms with van der Waals surface area (Å²) in [6, 6.07) is 0. The average Bonchev–Trinajstić information content (AvgIpc) is 2.84. The summed E-state index contributed by atoms with van der Waals surface area (Å²) in [5.41, 5.74) is 2.67. The molecular formula is C21H34O2. The predicted octanol–water partition coefficient (Wildman–Crippen LogP) is 4.92. The van der Waals surface area contributed by atoms with E-state index in [2.05, 4.69) is 26.8 Å². The van der Waals surface area contributed by atoms with Gasteiger partial charge >= 0.3 is 0 Å². The van der Waals surface area contributed by atoms with Gasteiger partial charge in [-0.15, -0.1) is 0 Å². The lowest BCUT2D eigenvalue weighted by Crippen LogP contribution is -2.50. The highest BCUT2D eigenvalue weighted by Gasteiger charge is 2.57. The van der Waals surface area contributed by atoms with Gasteiger partial charge < -0.3 is 9.84 Å². The van der Waals surface area contributed by atoms with Gasteiger partial charge in [-0.3, -0.25) is 0 Å². The molecule has 1 N–H and O–H groups in total. The summed E-state index contributed by atoms with van der Waals surface area (Å²) < 4.78 is 5.53. The molecule has 0 bridgehead atoms. The molecule has 7 unspecified atom stereocenters. The SMILES string of the molecule is CC1CCC2C3CC=C4CC(OCO)CCC4(C)C3CCC12C. The maximum atomic E-state index is 9.08. The third kappa shape index (κ3) is 2.28. The van der Waals surface area contributed by atoms with Crippen molar-refractivity contribution in [3.05, 3.63) is 11.6 Å². The van der Waals surface area contributed by atoms with Gasteiger partial charge in [-0.2, -0.15) is 0 Å². The molecule has 23 heavy (non-hydrogen) atoms. The van der Waals surface area contributed by atoms with Gasteiger partial charge in [0.25, 0.3) is 0 Å². The van der Waals surface area contributed by atoms with Gasteiger partial charge in [-0.25, -0.2) is 0 Å². The van der Waals surface area contributed by atoms with Crippen LogP contribution in [-0.4, -0.2) is 18.0 Å². The summed E-state index contributed by atoms with van der Waals surface area (Å²) >= 11 is 0. The van der Waals surface area contributed by atoms with E-state index < -0.39 is 0 Å². The van der Waals surface area contributed by atoms with Gasteiger partial charge in [0.2, 0.25) is 0 Å². The Morgan fingerprint density at radius 2 is 1.96 bits per heavy atom. The topological polar surface area (TPSA) is 29.5 Å². The van der Waals surface area contributed by atoms with Gasteiger partial charge in [0.05, 0.1) is 6.10 Å². The zero-order chi connectivity index (χ0) is 16.2. The van der Waals surface area contributed by atoms with Crippen molar-refractivity contribution >= 4 is 0 Å². The summed E-state index contributed by atoms with van der Waals surface area (Å²) in [4.78, 5) is 0. The number of hydrogen-bond donors (Lipinski definition) is 1. The van der Waals surface area contributed by atoms with E-state index in [4.69, 9.17) is 9.84 Å².